The van der Waals surface area contributed by atoms with E-state index in [-0.39, 0.29) is 11.2 Å². The molecule has 3 nitrogen and oxygen atoms in total. The van der Waals surface area contributed by atoms with Crippen LogP contribution in [-0.4, -0.2) is 16.7 Å². The van der Waals surface area contributed by atoms with Gasteiger partial charge in [0.15, 0.2) is 0 Å². The Bertz CT molecular complexity index is 1030. The van der Waals surface area contributed by atoms with Gasteiger partial charge in [-0.2, -0.15) is 0 Å². The number of halogens is 1. The largest absolute Gasteiger partial charge is 0.487 e. The fourth-order valence-electron chi connectivity index (χ4n) is 3.76. The fourth-order valence-corrected chi connectivity index (χ4v) is 3.97. The summed E-state index contributed by atoms with van der Waals surface area (Å²) in [6.07, 6.45) is 2.70. The van der Waals surface area contributed by atoms with Gasteiger partial charge in [-0.1, -0.05) is 48.0 Å². The number of carbonyl (C=O) groups is 1. The van der Waals surface area contributed by atoms with Gasteiger partial charge < -0.3 is 9.84 Å². The highest BCUT2D eigenvalue weighted by Crippen LogP contribution is 2.38. The van der Waals surface area contributed by atoms with Crippen molar-refractivity contribution in [1.82, 2.24) is 0 Å². The van der Waals surface area contributed by atoms with Crippen LogP contribution in [-0.2, 0) is 12.8 Å². The van der Waals surface area contributed by atoms with Crippen molar-refractivity contribution in [2.45, 2.75) is 31.8 Å². The molecule has 0 bridgehead atoms. The van der Waals surface area contributed by atoms with Crippen molar-refractivity contribution in [3.63, 3.8) is 0 Å². The van der Waals surface area contributed by atoms with Gasteiger partial charge in [0.1, 0.15) is 11.4 Å². The van der Waals surface area contributed by atoms with Crippen LogP contribution in [0.2, 0.25) is 5.02 Å². The zero-order valence-corrected chi connectivity index (χ0v) is 16.4. The van der Waals surface area contributed by atoms with Crippen molar-refractivity contribution in [3.05, 3.63) is 88.4 Å². The molecule has 0 fully saturated rings. The minimum atomic E-state index is -0.919. The zero-order valence-electron chi connectivity index (χ0n) is 15.6. The lowest BCUT2D eigenvalue weighted by atomic mass is 9.86. The summed E-state index contributed by atoms with van der Waals surface area (Å²) in [5, 5.41) is 9.81. The Morgan fingerprint density at radius 2 is 1.82 bits per heavy atom. The van der Waals surface area contributed by atoms with E-state index >= 15 is 0 Å². The predicted octanol–water partition coefficient (Wildman–Crippen LogP) is 6.03. The molecule has 1 aliphatic rings. The SMILES string of the molecule is C[C@@]1(Cc2cccc(Cl)c2)CCc2ccc(-c3ccc(C(=O)O)cc3)cc2O1. The molecule has 1 atom stereocenters. The summed E-state index contributed by atoms with van der Waals surface area (Å²) in [5.41, 5.74) is 4.35. The normalized spacial score (nSPS) is 18.2. The number of ether oxygens (including phenoxy) is 1. The molecule has 0 saturated carbocycles. The minimum absolute atomic E-state index is 0.284. The van der Waals surface area contributed by atoms with Crippen LogP contribution >= 0.6 is 11.6 Å². The number of benzene rings is 3. The molecule has 28 heavy (non-hydrogen) atoms. The van der Waals surface area contributed by atoms with Gasteiger partial charge in [0.2, 0.25) is 0 Å². The van der Waals surface area contributed by atoms with E-state index in [1.165, 1.54) is 11.1 Å². The van der Waals surface area contributed by atoms with Gasteiger partial charge in [-0.05, 0) is 72.4 Å². The van der Waals surface area contributed by atoms with Crippen LogP contribution in [0.4, 0.5) is 0 Å². The first-order chi connectivity index (χ1) is 13.4. The second-order valence-corrected chi connectivity index (χ2v) is 8.00. The van der Waals surface area contributed by atoms with Crippen molar-refractivity contribution >= 4 is 17.6 Å². The van der Waals surface area contributed by atoms with E-state index in [4.69, 9.17) is 21.4 Å². The lowest BCUT2D eigenvalue weighted by Gasteiger charge is -2.36. The van der Waals surface area contributed by atoms with Gasteiger partial charge in [0, 0.05) is 11.4 Å². The van der Waals surface area contributed by atoms with Crippen molar-refractivity contribution < 1.29 is 14.6 Å². The first-order valence-electron chi connectivity index (χ1n) is 9.32. The highest BCUT2D eigenvalue weighted by molar-refractivity contribution is 6.30. The molecular formula is C24H21ClO3. The number of carboxylic acid groups (broad SMARTS) is 1. The fraction of sp³-hybridized carbons (Fsp3) is 0.208. The molecule has 0 aliphatic carbocycles. The quantitative estimate of drug-likeness (QED) is 0.589. The molecule has 142 valence electrons. The van der Waals surface area contributed by atoms with E-state index in [9.17, 15) is 4.79 Å². The van der Waals surface area contributed by atoms with Gasteiger partial charge in [-0.25, -0.2) is 4.79 Å². The molecule has 0 amide bonds. The van der Waals surface area contributed by atoms with Crippen molar-refractivity contribution in [2.75, 3.05) is 0 Å². The summed E-state index contributed by atoms with van der Waals surface area (Å²) in [7, 11) is 0. The molecule has 3 aromatic rings. The second kappa shape index (κ2) is 7.33. The van der Waals surface area contributed by atoms with Gasteiger partial charge in [0.05, 0.1) is 5.56 Å². The first-order valence-corrected chi connectivity index (χ1v) is 9.70. The Kier molecular flexibility index (Phi) is 4.86. The summed E-state index contributed by atoms with van der Waals surface area (Å²) >= 11 is 6.13. The summed E-state index contributed by atoms with van der Waals surface area (Å²) in [6, 6.07) is 21.1. The summed E-state index contributed by atoms with van der Waals surface area (Å²) in [5.74, 6) is -0.0207. The van der Waals surface area contributed by atoms with Gasteiger partial charge in [-0.15, -0.1) is 0 Å². The van der Waals surface area contributed by atoms with E-state index < -0.39 is 5.97 Å². The maximum absolute atomic E-state index is 11.1. The monoisotopic (exact) mass is 392 g/mol. The number of carboxylic acids is 1. The van der Waals surface area contributed by atoms with Crippen LogP contribution in [0.25, 0.3) is 11.1 Å². The van der Waals surface area contributed by atoms with E-state index in [2.05, 4.69) is 31.2 Å². The van der Waals surface area contributed by atoms with Crippen LogP contribution < -0.4 is 4.74 Å². The highest BCUT2D eigenvalue weighted by atomic mass is 35.5. The predicted molar refractivity (Wildman–Crippen MR) is 111 cm³/mol. The summed E-state index contributed by atoms with van der Waals surface area (Å²) in [6.45, 7) is 2.14. The molecule has 0 radical (unpaired) electrons. The topological polar surface area (TPSA) is 46.5 Å². The van der Waals surface area contributed by atoms with Crippen LogP contribution in [0.1, 0.15) is 34.8 Å². The molecule has 0 aromatic heterocycles. The molecular weight excluding hydrogens is 372 g/mol. The number of rotatable bonds is 4. The van der Waals surface area contributed by atoms with Gasteiger partial charge in [-0.3, -0.25) is 0 Å². The number of fused-ring (bicyclic) bond motifs is 1. The third-order valence-corrected chi connectivity index (χ3v) is 5.51. The number of hydrogen-bond donors (Lipinski definition) is 1. The van der Waals surface area contributed by atoms with Gasteiger partial charge in [0.25, 0.3) is 0 Å². The van der Waals surface area contributed by atoms with E-state index in [1.807, 2.05) is 30.3 Å². The maximum atomic E-state index is 11.1. The average molecular weight is 393 g/mol. The van der Waals surface area contributed by atoms with E-state index in [0.717, 1.165) is 41.2 Å². The average Bonchev–Trinajstić information content (AvgIpc) is 2.67. The Morgan fingerprint density at radius 3 is 2.54 bits per heavy atom. The van der Waals surface area contributed by atoms with E-state index in [0.29, 0.717) is 0 Å². The number of hydrogen-bond acceptors (Lipinski definition) is 2. The smallest absolute Gasteiger partial charge is 0.335 e. The molecule has 3 aromatic carbocycles. The molecule has 0 saturated heterocycles. The lowest BCUT2D eigenvalue weighted by molar-refractivity contribution is 0.0654. The van der Waals surface area contributed by atoms with Crippen LogP contribution in [0, 0.1) is 0 Å². The van der Waals surface area contributed by atoms with Crippen LogP contribution in [0.3, 0.4) is 0 Å². The third kappa shape index (κ3) is 3.90. The molecule has 0 unspecified atom stereocenters. The molecule has 4 rings (SSSR count). The number of aryl methyl sites for hydroxylation is 1. The van der Waals surface area contributed by atoms with Crippen molar-refractivity contribution in [1.29, 1.82) is 0 Å². The molecule has 1 heterocycles. The summed E-state index contributed by atoms with van der Waals surface area (Å²) in [4.78, 5) is 11.1. The minimum Gasteiger partial charge on any atom is -0.487 e. The number of aromatic carboxylic acids is 1. The first kappa shape index (κ1) is 18.6. The Morgan fingerprint density at radius 1 is 1.07 bits per heavy atom. The molecule has 1 N–H and O–H groups in total. The van der Waals surface area contributed by atoms with Crippen LogP contribution in [0.5, 0.6) is 5.75 Å². The molecule has 0 spiro atoms. The van der Waals surface area contributed by atoms with E-state index in [1.54, 1.807) is 12.1 Å². The Hall–Kier alpha value is -2.78. The Labute approximate surface area is 169 Å². The highest BCUT2D eigenvalue weighted by Gasteiger charge is 2.32. The van der Waals surface area contributed by atoms with Crippen LogP contribution in [0.15, 0.2) is 66.7 Å². The zero-order chi connectivity index (χ0) is 19.7. The second-order valence-electron chi connectivity index (χ2n) is 7.56. The molecule has 1 aliphatic heterocycles. The molecule has 4 heteroatoms. The van der Waals surface area contributed by atoms with Gasteiger partial charge >= 0.3 is 5.97 Å². The summed E-state index contributed by atoms with van der Waals surface area (Å²) < 4.78 is 6.45. The third-order valence-electron chi connectivity index (χ3n) is 5.28. The lowest BCUT2D eigenvalue weighted by Crippen LogP contribution is -2.38. The maximum Gasteiger partial charge on any atom is 0.335 e. The van der Waals surface area contributed by atoms with Crippen molar-refractivity contribution in [3.8, 4) is 16.9 Å². The standard InChI is InChI=1S/C24H21ClO3/c1-24(15-16-3-2-4-21(25)13-16)12-11-18-7-10-20(14-22(18)28-24)17-5-8-19(9-6-17)23(26)27/h2-10,13-14H,11-12,15H2,1H3,(H,26,27)/t24-/m0/s1. The Balaban J connectivity index is 1.59. The van der Waals surface area contributed by atoms with Crippen molar-refractivity contribution in [2.24, 2.45) is 0 Å².